The van der Waals surface area contributed by atoms with E-state index in [1.165, 1.54) is 12.8 Å². The maximum absolute atomic E-state index is 5.69. The number of nitrogens with one attached hydrogen (secondary N) is 1. The molecule has 2 fully saturated rings. The van der Waals surface area contributed by atoms with E-state index in [2.05, 4.69) is 24.1 Å². The second kappa shape index (κ2) is 6.80. The Morgan fingerprint density at radius 3 is 2.38 bits per heavy atom. The van der Waals surface area contributed by atoms with Crippen molar-refractivity contribution < 1.29 is 4.74 Å². The summed E-state index contributed by atoms with van der Waals surface area (Å²) in [4.78, 5) is 2.56. The second-order valence-electron chi connectivity index (χ2n) is 5.11. The van der Waals surface area contributed by atoms with Gasteiger partial charge >= 0.3 is 0 Å². The van der Waals surface area contributed by atoms with Gasteiger partial charge < -0.3 is 10.1 Å². The maximum atomic E-state index is 5.69. The first kappa shape index (κ1) is 14.2. The van der Waals surface area contributed by atoms with E-state index >= 15 is 0 Å². The van der Waals surface area contributed by atoms with Gasteiger partial charge in [-0.1, -0.05) is 0 Å². The van der Waals surface area contributed by atoms with Crippen molar-refractivity contribution in [2.45, 2.75) is 38.8 Å². The van der Waals surface area contributed by atoms with Crippen LogP contribution in [-0.4, -0.2) is 49.8 Å². The molecule has 3 nitrogen and oxygen atoms in total. The summed E-state index contributed by atoms with van der Waals surface area (Å²) in [6.45, 7) is 9.82. The predicted octanol–water partition coefficient (Wildman–Crippen LogP) is 1.52. The van der Waals surface area contributed by atoms with Gasteiger partial charge in [-0.25, -0.2) is 0 Å². The summed E-state index contributed by atoms with van der Waals surface area (Å²) in [6, 6.07) is 1.30. The lowest BCUT2D eigenvalue weighted by molar-refractivity contribution is 0.0530. The van der Waals surface area contributed by atoms with Crippen LogP contribution in [0.2, 0.25) is 0 Å². The third-order valence-electron chi connectivity index (χ3n) is 3.56. The molecule has 1 N–H and O–H groups in total. The Hall–Kier alpha value is 0.170. The van der Waals surface area contributed by atoms with Crippen LogP contribution in [0.4, 0.5) is 0 Å². The molecule has 0 spiro atoms. The van der Waals surface area contributed by atoms with Gasteiger partial charge in [0, 0.05) is 38.3 Å². The first-order chi connectivity index (χ1) is 7.27. The highest BCUT2D eigenvalue weighted by atomic mass is 35.5. The van der Waals surface area contributed by atoms with E-state index in [0.29, 0.717) is 12.1 Å². The van der Waals surface area contributed by atoms with Crippen molar-refractivity contribution in [2.24, 2.45) is 5.92 Å². The van der Waals surface area contributed by atoms with Crippen LogP contribution in [0.1, 0.15) is 26.7 Å². The van der Waals surface area contributed by atoms with Crippen LogP contribution in [-0.2, 0) is 4.74 Å². The fourth-order valence-corrected chi connectivity index (χ4v) is 2.32. The number of halogens is 1. The van der Waals surface area contributed by atoms with Gasteiger partial charge in [0.1, 0.15) is 0 Å². The van der Waals surface area contributed by atoms with Crippen molar-refractivity contribution in [3.05, 3.63) is 0 Å². The Balaban J connectivity index is 0.00000128. The van der Waals surface area contributed by atoms with Crippen LogP contribution >= 0.6 is 12.4 Å². The Morgan fingerprint density at radius 2 is 1.81 bits per heavy atom. The number of nitrogens with zero attached hydrogens (tertiary/aromatic N) is 1. The number of ether oxygens (including phenoxy) is 1. The molecule has 0 bridgehead atoms. The van der Waals surface area contributed by atoms with Crippen LogP contribution in [0.25, 0.3) is 0 Å². The maximum Gasteiger partial charge on any atom is 0.0593 e. The van der Waals surface area contributed by atoms with Crippen molar-refractivity contribution in [1.82, 2.24) is 10.2 Å². The molecule has 2 atom stereocenters. The fourth-order valence-electron chi connectivity index (χ4n) is 2.32. The number of hydrogen-bond acceptors (Lipinski definition) is 3. The van der Waals surface area contributed by atoms with E-state index < -0.39 is 0 Å². The minimum absolute atomic E-state index is 0. The largest absolute Gasteiger partial charge is 0.380 e. The Kier molecular flexibility index (Phi) is 6.05. The van der Waals surface area contributed by atoms with Gasteiger partial charge in [-0.05, 0) is 32.6 Å². The Morgan fingerprint density at radius 1 is 1.19 bits per heavy atom. The summed E-state index contributed by atoms with van der Waals surface area (Å²) in [5.41, 5.74) is 0. The first-order valence-corrected chi connectivity index (χ1v) is 6.31. The van der Waals surface area contributed by atoms with Gasteiger partial charge in [-0.2, -0.15) is 0 Å². The van der Waals surface area contributed by atoms with E-state index in [-0.39, 0.29) is 12.4 Å². The van der Waals surface area contributed by atoms with E-state index in [1.54, 1.807) is 0 Å². The SMILES string of the molecule is C[C@@H]1CNC[C@H](C)N1CCOCC1CC1.Cl. The molecular formula is C12H25ClN2O. The molecular weight excluding hydrogens is 224 g/mol. The molecule has 1 heterocycles. The first-order valence-electron chi connectivity index (χ1n) is 6.31. The van der Waals surface area contributed by atoms with E-state index in [4.69, 9.17) is 4.74 Å². The monoisotopic (exact) mass is 248 g/mol. The van der Waals surface area contributed by atoms with Gasteiger partial charge in [-0.3, -0.25) is 4.90 Å². The van der Waals surface area contributed by atoms with E-state index in [9.17, 15) is 0 Å². The minimum atomic E-state index is 0. The van der Waals surface area contributed by atoms with Crippen LogP contribution in [0.15, 0.2) is 0 Å². The van der Waals surface area contributed by atoms with Crippen molar-refractivity contribution in [2.75, 3.05) is 32.8 Å². The zero-order valence-corrected chi connectivity index (χ0v) is 11.3. The third kappa shape index (κ3) is 4.21. The zero-order valence-electron chi connectivity index (χ0n) is 10.4. The van der Waals surface area contributed by atoms with Crippen LogP contribution in [0.3, 0.4) is 0 Å². The van der Waals surface area contributed by atoms with Gasteiger partial charge in [0.25, 0.3) is 0 Å². The summed E-state index contributed by atoms with van der Waals surface area (Å²) in [5, 5.41) is 3.45. The molecule has 0 aromatic carbocycles. The molecule has 16 heavy (non-hydrogen) atoms. The average Bonchev–Trinajstić information content (AvgIpc) is 3.00. The highest BCUT2D eigenvalue weighted by molar-refractivity contribution is 5.85. The molecule has 1 aliphatic heterocycles. The minimum Gasteiger partial charge on any atom is -0.380 e. The van der Waals surface area contributed by atoms with Gasteiger partial charge in [0.2, 0.25) is 0 Å². The molecule has 96 valence electrons. The molecule has 1 aliphatic carbocycles. The normalized spacial score (nSPS) is 31.1. The molecule has 0 amide bonds. The van der Waals surface area contributed by atoms with Crippen molar-refractivity contribution in [3.63, 3.8) is 0 Å². The average molecular weight is 249 g/mol. The summed E-state index contributed by atoms with van der Waals surface area (Å²) in [5.74, 6) is 0.892. The summed E-state index contributed by atoms with van der Waals surface area (Å²) in [7, 11) is 0. The highest BCUT2D eigenvalue weighted by Crippen LogP contribution is 2.28. The molecule has 2 rings (SSSR count). The molecule has 0 radical (unpaired) electrons. The molecule has 0 aromatic heterocycles. The van der Waals surface area contributed by atoms with Crippen LogP contribution < -0.4 is 5.32 Å². The van der Waals surface area contributed by atoms with Gasteiger partial charge in [0.15, 0.2) is 0 Å². The fraction of sp³-hybridized carbons (Fsp3) is 1.00. The lowest BCUT2D eigenvalue weighted by atomic mass is 10.1. The number of piperazine rings is 1. The molecule has 0 unspecified atom stereocenters. The van der Waals surface area contributed by atoms with Crippen molar-refractivity contribution >= 4 is 12.4 Å². The molecule has 0 aromatic rings. The molecule has 1 saturated heterocycles. The van der Waals surface area contributed by atoms with Crippen molar-refractivity contribution in [3.8, 4) is 0 Å². The van der Waals surface area contributed by atoms with Gasteiger partial charge in [-0.15, -0.1) is 12.4 Å². The zero-order chi connectivity index (χ0) is 10.7. The van der Waals surface area contributed by atoms with E-state index in [0.717, 1.165) is 38.8 Å². The smallest absolute Gasteiger partial charge is 0.0593 e. The van der Waals surface area contributed by atoms with Crippen molar-refractivity contribution in [1.29, 1.82) is 0 Å². The molecule has 4 heteroatoms. The van der Waals surface area contributed by atoms with Crippen LogP contribution in [0.5, 0.6) is 0 Å². The topological polar surface area (TPSA) is 24.5 Å². The summed E-state index contributed by atoms with van der Waals surface area (Å²) < 4.78 is 5.69. The number of rotatable bonds is 5. The van der Waals surface area contributed by atoms with E-state index in [1.807, 2.05) is 0 Å². The number of hydrogen-bond donors (Lipinski definition) is 1. The summed E-state index contributed by atoms with van der Waals surface area (Å²) in [6.07, 6.45) is 2.78. The third-order valence-corrected chi connectivity index (χ3v) is 3.56. The lowest BCUT2D eigenvalue weighted by Crippen LogP contribution is -2.55. The molecule has 1 saturated carbocycles. The highest BCUT2D eigenvalue weighted by Gasteiger charge is 2.24. The lowest BCUT2D eigenvalue weighted by Gasteiger charge is -2.39. The quantitative estimate of drug-likeness (QED) is 0.747. The van der Waals surface area contributed by atoms with Gasteiger partial charge in [0.05, 0.1) is 6.61 Å². The summed E-state index contributed by atoms with van der Waals surface area (Å²) >= 11 is 0. The molecule has 2 aliphatic rings. The predicted molar refractivity (Wildman–Crippen MR) is 69.3 cm³/mol. The Bertz CT molecular complexity index is 189. The standard InChI is InChI=1S/C12H24N2O.ClH/c1-10-7-13-8-11(2)14(10)5-6-15-9-12-3-4-12;/h10-13H,3-9H2,1-2H3;1H/t10-,11+;. The Labute approximate surface area is 105 Å². The van der Waals surface area contributed by atoms with Crippen LogP contribution in [0, 0.1) is 5.92 Å². The second-order valence-corrected chi connectivity index (χ2v) is 5.11.